The van der Waals surface area contributed by atoms with Gasteiger partial charge in [0.15, 0.2) is 0 Å². The molecule has 3 aromatic carbocycles. The third kappa shape index (κ3) is 3.91. The molecule has 0 saturated heterocycles. The summed E-state index contributed by atoms with van der Waals surface area (Å²) in [6.45, 7) is 0.502. The number of nitrogens with one attached hydrogen (secondary N) is 1. The van der Waals surface area contributed by atoms with E-state index < -0.39 is 15.9 Å². The monoisotopic (exact) mass is 444 g/mol. The Morgan fingerprint density at radius 2 is 1.80 bits per heavy atom. The number of carbonyl (C=O) groups excluding carboxylic acids is 1. The maximum Gasteiger partial charge on any atom is 0.265 e. The van der Waals surface area contributed by atoms with E-state index in [4.69, 9.17) is 11.6 Å². The van der Waals surface area contributed by atoms with E-state index in [9.17, 15) is 17.6 Å². The van der Waals surface area contributed by atoms with Crippen LogP contribution in [0, 0.1) is 5.82 Å². The van der Waals surface area contributed by atoms with Gasteiger partial charge in [-0.25, -0.2) is 12.8 Å². The largest absolute Gasteiger partial charge is 0.348 e. The van der Waals surface area contributed by atoms with Crippen molar-refractivity contribution in [1.29, 1.82) is 0 Å². The number of sulfonamides is 1. The van der Waals surface area contributed by atoms with Crippen LogP contribution in [0.4, 0.5) is 10.1 Å². The van der Waals surface area contributed by atoms with Crippen LogP contribution in [-0.2, 0) is 23.0 Å². The SMILES string of the molecule is O=C(NCc1ccc(F)cc1)c1ccc(Cl)c(S(=O)(=O)N2CCc3ccccc32)c1. The molecule has 154 valence electrons. The second-order valence-electron chi connectivity index (χ2n) is 6.91. The fourth-order valence-electron chi connectivity index (χ4n) is 3.41. The van der Waals surface area contributed by atoms with Crippen molar-refractivity contribution in [2.45, 2.75) is 17.9 Å². The van der Waals surface area contributed by atoms with Crippen LogP contribution < -0.4 is 9.62 Å². The minimum Gasteiger partial charge on any atom is -0.348 e. The Morgan fingerprint density at radius 3 is 2.57 bits per heavy atom. The molecule has 30 heavy (non-hydrogen) atoms. The molecule has 0 unspecified atom stereocenters. The van der Waals surface area contributed by atoms with Gasteiger partial charge in [-0.05, 0) is 53.9 Å². The van der Waals surface area contributed by atoms with Gasteiger partial charge in [-0.3, -0.25) is 9.10 Å². The molecule has 1 amide bonds. The van der Waals surface area contributed by atoms with Crippen molar-refractivity contribution in [2.75, 3.05) is 10.8 Å². The van der Waals surface area contributed by atoms with Crippen molar-refractivity contribution < 1.29 is 17.6 Å². The highest BCUT2D eigenvalue weighted by Crippen LogP contribution is 2.35. The summed E-state index contributed by atoms with van der Waals surface area (Å²) < 4.78 is 40.9. The predicted octanol–water partition coefficient (Wildman–Crippen LogP) is 4.16. The highest BCUT2D eigenvalue weighted by Gasteiger charge is 2.32. The molecule has 1 N–H and O–H groups in total. The molecule has 0 radical (unpaired) electrons. The Labute approximate surface area is 179 Å². The standard InChI is InChI=1S/C22H18ClFN2O3S/c23-19-10-7-17(22(27)25-14-15-5-8-18(24)9-6-15)13-21(19)30(28,29)26-12-11-16-3-1-2-4-20(16)26/h1-10,13H,11-12,14H2,(H,25,27). The van der Waals surface area contributed by atoms with Crippen LogP contribution in [0.15, 0.2) is 71.6 Å². The molecular weight excluding hydrogens is 427 g/mol. The van der Waals surface area contributed by atoms with E-state index in [1.165, 1.54) is 34.6 Å². The zero-order chi connectivity index (χ0) is 21.3. The molecule has 1 aliphatic rings. The highest BCUT2D eigenvalue weighted by atomic mass is 35.5. The van der Waals surface area contributed by atoms with Crippen molar-refractivity contribution in [3.8, 4) is 0 Å². The summed E-state index contributed by atoms with van der Waals surface area (Å²) in [6.07, 6.45) is 0.616. The maximum absolute atomic E-state index is 13.3. The summed E-state index contributed by atoms with van der Waals surface area (Å²) in [7, 11) is -3.93. The number of nitrogens with zero attached hydrogens (tertiary/aromatic N) is 1. The van der Waals surface area contributed by atoms with Gasteiger partial charge >= 0.3 is 0 Å². The van der Waals surface area contributed by atoms with E-state index in [1.54, 1.807) is 24.3 Å². The first-order valence-corrected chi connectivity index (χ1v) is 11.1. The second-order valence-corrected chi connectivity index (χ2v) is 9.15. The lowest BCUT2D eigenvalue weighted by molar-refractivity contribution is 0.0950. The molecule has 8 heteroatoms. The fraction of sp³-hybridized carbons (Fsp3) is 0.136. The second kappa shape index (κ2) is 8.08. The number of para-hydroxylation sites is 1. The zero-order valence-electron chi connectivity index (χ0n) is 15.8. The average molecular weight is 445 g/mol. The smallest absolute Gasteiger partial charge is 0.265 e. The third-order valence-corrected chi connectivity index (χ3v) is 7.27. The number of carbonyl (C=O) groups is 1. The van der Waals surface area contributed by atoms with E-state index in [2.05, 4.69) is 5.32 Å². The van der Waals surface area contributed by atoms with Gasteiger partial charge in [0.2, 0.25) is 0 Å². The van der Waals surface area contributed by atoms with Gasteiger partial charge in [0.1, 0.15) is 10.7 Å². The number of hydrogen-bond donors (Lipinski definition) is 1. The van der Waals surface area contributed by atoms with Gasteiger partial charge in [0.05, 0.1) is 10.7 Å². The number of fused-ring (bicyclic) bond motifs is 1. The van der Waals surface area contributed by atoms with Crippen LogP contribution in [-0.4, -0.2) is 20.9 Å². The molecule has 0 atom stereocenters. The summed E-state index contributed by atoms with van der Waals surface area (Å²) >= 11 is 6.21. The summed E-state index contributed by atoms with van der Waals surface area (Å²) in [5, 5.41) is 2.76. The molecule has 0 fully saturated rings. The summed E-state index contributed by atoms with van der Waals surface area (Å²) in [5.41, 5.74) is 2.47. The first kappa shape index (κ1) is 20.4. The number of anilines is 1. The van der Waals surface area contributed by atoms with Crippen molar-refractivity contribution in [3.05, 3.63) is 94.3 Å². The first-order valence-electron chi connectivity index (χ1n) is 9.29. The number of benzene rings is 3. The van der Waals surface area contributed by atoms with E-state index in [0.717, 1.165) is 11.1 Å². The topological polar surface area (TPSA) is 66.5 Å². The Hall–Kier alpha value is -2.90. The molecule has 1 aliphatic heterocycles. The molecule has 3 aromatic rings. The van der Waals surface area contributed by atoms with Gasteiger partial charge in [0, 0.05) is 18.7 Å². The Balaban J connectivity index is 1.58. The molecule has 0 spiro atoms. The van der Waals surface area contributed by atoms with Crippen LogP contribution in [0.25, 0.3) is 0 Å². The van der Waals surface area contributed by atoms with Crippen LogP contribution >= 0.6 is 11.6 Å². The minimum absolute atomic E-state index is 0.0504. The molecule has 1 heterocycles. The lowest BCUT2D eigenvalue weighted by Gasteiger charge is -2.20. The minimum atomic E-state index is -3.93. The molecule has 0 aromatic heterocycles. The third-order valence-electron chi connectivity index (χ3n) is 4.97. The average Bonchev–Trinajstić information content (AvgIpc) is 3.18. The number of amides is 1. The Kier molecular flexibility index (Phi) is 5.49. The van der Waals surface area contributed by atoms with Gasteiger partial charge in [-0.1, -0.05) is 41.9 Å². The molecule has 5 nitrogen and oxygen atoms in total. The molecular formula is C22H18ClFN2O3S. The lowest BCUT2D eigenvalue weighted by atomic mass is 10.2. The lowest BCUT2D eigenvalue weighted by Crippen LogP contribution is -2.30. The zero-order valence-corrected chi connectivity index (χ0v) is 17.4. The van der Waals surface area contributed by atoms with Gasteiger partial charge in [0.25, 0.3) is 15.9 Å². The molecule has 0 saturated carbocycles. The number of hydrogen-bond acceptors (Lipinski definition) is 3. The molecule has 0 aliphatic carbocycles. The molecule has 0 bridgehead atoms. The van der Waals surface area contributed by atoms with Crippen molar-refractivity contribution in [1.82, 2.24) is 5.32 Å². The van der Waals surface area contributed by atoms with Gasteiger partial charge in [-0.2, -0.15) is 0 Å². The van der Waals surface area contributed by atoms with Crippen LogP contribution in [0.5, 0.6) is 0 Å². The van der Waals surface area contributed by atoms with E-state index in [1.807, 2.05) is 12.1 Å². The fourth-order valence-corrected chi connectivity index (χ4v) is 5.41. The number of halogens is 2. The Bertz CT molecular complexity index is 1210. The summed E-state index contributed by atoms with van der Waals surface area (Å²) in [6, 6.07) is 17.2. The van der Waals surface area contributed by atoms with Crippen molar-refractivity contribution >= 4 is 33.2 Å². The van der Waals surface area contributed by atoms with Gasteiger partial charge < -0.3 is 5.32 Å². The summed E-state index contributed by atoms with van der Waals surface area (Å²) in [4.78, 5) is 12.4. The van der Waals surface area contributed by atoms with Crippen LogP contribution in [0.1, 0.15) is 21.5 Å². The van der Waals surface area contributed by atoms with Crippen LogP contribution in [0.2, 0.25) is 5.02 Å². The van der Waals surface area contributed by atoms with Gasteiger partial charge in [-0.15, -0.1) is 0 Å². The van der Waals surface area contributed by atoms with Crippen LogP contribution in [0.3, 0.4) is 0 Å². The molecule has 4 rings (SSSR count). The summed E-state index contributed by atoms with van der Waals surface area (Å²) in [5.74, 6) is -0.810. The Morgan fingerprint density at radius 1 is 1.07 bits per heavy atom. The van der Waals surface area contributed by atoms with Crippen molar-refractivity contribution in [3.63, 3.8) is 0 Å². The maximum atomic E-state index is 13.3. The van der Waals surface area contributed by atoms with Crippen molar-refractivity contribution in [2.24, 2.45) is 0 Å². The quantitative estimate of drug-likeness (QED) is 0.642. The van der Waals surface area contributed by atoms with E-state index in [0.29, 0.717) is 18.7 Å². The number of rotatable bonds is 5. The predicted molar refractivity (Wildman–Crippen MR) is 114 cm³/mol. The first-order chi connectivity index (χ1) is 14.4. The highest BCUT2D eigenvalue weighted by molar-refractivity contribution is 7.93. The van der Waals surface area contributed by atoms with E-state index >= 15 is 0 Å². The van der Waals surface area contributed by atoms with E-state index in [-0.39, 0.29) is 27.8 Å². The normalized spacial score (nSPS) is 13.2.